The fourth-order valence-electron chi connectivity index (χ4n) is 3.34. The quantitative estimate of drug-likeness (QED) is 0.831. The van der Waals surface area contributed by atoms with E-state index in [-0.39, 0.29) is 24.1 Å². The number of hydrogen-bond acceptors (Lipinski definition) is 3. The molecule has 2 fully saturated rings. The van der Waals surface area contributed by atoms with Gasteiger partial charge in [-0.3, -0.25) is 4.79 Å². The number of piperidine rings is 1. The number of carbonyl (C=O) groups excluding carboxylic acids is 1. The third-order valence-corrected chi connectivity index (χ3v) is 4.83. The molecule has 1 aliphatic heterocycles. The van der Waals surface area contributed by atoms with Gasteiger partial charge in [0, 0.05) is 26.2 Å². The zero-order valence-electron chi connectivity index (χ0n) is 12.9. The smallest absolute Gasteiger partial charge is 0.317 e. The van der Waals surface area contributed by atoms with Gasteiger partial charge in [0.25, 0.3) is 0 Å². The first-order valence-corrected chi connectivity index (χ1v) is 7.82. The highest BCUT2D eigenvalue weighted by molar-refractivity contribution is 5.75. The Kier molecular flexibility index (Phi) is 5.45. The molecule has 120 valence electrons. The SMILES string of the molecule is COC1CN(C(=O)NC2CCCC(C(=O)O)C2)CCC1C. The van der Waals surface area contributed by atoms with Crippen molar-refractivity contribution in [2.24, 2.45) is 11.8 Å². The second-order valence-electron chi connectivity index (χ2n) is 6.33. The van der Waals surface area contributed by atoms with Crippen molar-refractivity contribution >= 4 is 12.0 Å². The van der Waals surface area contributed by atoms with E-state index in [0.717, 1.165) is 25.8 Å². The number of carboxylic acids is 1. The summed E-state index contributed by atoms with van der Waals surface area (Å²) in [6.45, 7) is 3.49. The molecule has 1 aliphatic carbocycles. The highest BCUT2D eigenvalue weighted by Gasteiger charge is 2.32. The van der Waals surface area contributed by atoms with Crippen LogP contribution in [0.2, 0.25) is 0 Å². The van der Waals surface area contributed by atoms with E-state index in [0.29, 0.717) is 25.3 Å². The van der Waals surface area contributed by atoms with Gasteiger partial charge in [-0.15, -0.1) is 0 Å². The Labute approximate surface area is 125 Å². The van der Waals surface area contributed by atoms with Gasteiger partial charge in [-0.05, 0) is 31.6 Å². The van der Waals surface area contributed by atoms with Crippen LogP contribution in [-0.2, 0) is 9.53 Å². The summed E-state index contributed by atoms with van der Waals surface area (Å²) in [4.78, 5) is 25.2. The summed E-state index contributed by atoms with van der Waals surface area (Å²) in [5.74, 6) is -0.609. The van der Waals surface area contributed by atoms with Crippen molar-refractivity contribution < 1.29 is 19.4 Å². The molecule has 1 saturated heterocycles. The minimum Gasteiger partial charge on any atom is -0.481 e. The fourth-order valence-corrected chi connectivity index (χ4v) is 3.34. The van der Waals surface area contributed by atoms with Crippen LogP contribution in [0.1, 0.15) is 39.0 Å². The zero-order valence-corrected chi connectivity index (χ0v) is 12.9. The van der Waals surface area contributed by atoms with Crippen LogP contribution in [0.3, 0.4) is 0 Å². The number of hydrogen-bond donors (Lipinski definition) is 2. The van der Waals surface area contributed by atoms with Crippen molar-refractivity contribution in [3.8, 4) is 0 Å². The van der Waals surface area contributed by atoms with Crippen LogP contribution in [0, 0.1) is 11.8 Å². The van der Waals surface area contributed by atoms with Gasteiger partial charge in [-0.1, -0.05) is 13.3 Å². The monoisotopic (exact) mass is 298 g/mol. The lowest BCUT2D eigenvalue weighted by molar-refractivity contribution is -0.143. The van der Waals surface area contributed by atoms with E-state index in [1.165, 1.54) is 0 Å². The lowest BCUT2D eigenvalue weighted by Gasteiger charge is -2.37. The number of carbonyl (C=O) groups is 2. The highest BCUT2D eigenvalue weighted by Crippen LogP contribution is 2.25. The zero-order chi connectivity index (χ0) is 15.4. The Morgan fingerprint density at radius 1 is 1.29 bits per heavy atom. The minimum atomic E-state index is -0.750. The van der Waals surface area contributed by atoms with Crippen molar-refractivity contribution in [3.05, 3.63) is 0 Å². The van der Waals surface area contributed by atoms with Crippen LogP contribution < -0.4 is 5.32 Å². The van der Waals surface area contributed by atoms with Crippen LogP contribution in [0.25, 0.3) is 0 Å². The number of aliphatic carboxylic acids is 1. The molecule has 4 unspecified atom stereocenters. The van der Waals surface area contributed by atoms with E-state index < -0.39 is 5.97 Å². The van der Waals surface area contributed by atoms with Gasteiger partial charge in [0.1, 0.15) is 0 Å². The molecule has 6 nitrogen and oxygen atoms in total. The molecule has 2 rings (SSSR count). The van der Waals surface area contributed by atoms with E-state index in [1.807, 2.05) is 0 Å². The maximum Gasteiger partial charge on any atom is 0.317 e. The molecule has 4 atom stereocenters. The van der Waals surface area contributed by atoms with Gasteiger partial charge in [0.05, 0.1) is 12.0 Å². The van der Waals surface area contributed by atoms with Gasteiger partial charge < -0.3 is 20.1 Å². The lowest BCUT2D eigenvalue weighted by Crippen LogP contribution is -2.53. The molecule has 6 heteroatoms. The Balaban J connectivity index is 1.85. The summed E-state index contributed by atoms with van der Waals surface area (Å²) >= 11 is 0. The lowest BCUT2D eigenvalue weighted by atomic mass is 9.86. The predicted octanol–water partition coefficient (Wildman–Crippen LogP) is 1.70. The van der Waals surface area contributed by atoms with Crippen LogP contribution >= 0.6 is 0 Å². The number of amides is 2. The number of likely N-dealkylation sites (tertiary alicyclic amines) is 1. The molecular weight excluding hydrogens is 272 g/mol. The van der Waals surface area contributed by atoms with Crippen LogP contribution in [0.4, 0.5) is 4.79 Å². The fraction of sp³-hybridized carbons (Fsp3) is 0.867. The summed E-state index contributed by atoms with van der Waals surface area (Å²) in [7, 11) is 1.68. The van der Waals surface area contributed by atoms with E-state index in [1.54, 1.807) is 12.0 Å². The molecule has 0 spiro atoms. The predicted molar refractivity (Wildman–Crippen MR) is 78.1 cm³/mol. The Morgan fingerprint density at radius 3 is 2.71 bits per heavy atom. The molecule has 0 aromatic carbocycles. The average molecular weight is 298 g/mol. The first-order valence-electron chi connectivity index (χ1n) is 7.82. The molecule has 21 heavy (non-hydrogen) atoms. The first kappa shape index (κ1) is 16.1. The molecule has 1 saturated carbocycles. The number of rotatable bonds is 3. The Hall–Kier alpha value is -1.30. The average Bonchev–Trinajstić information content (AvgIpc) is 2.47. The number of carboxylic acid groups (broad SMARTS) is 1. The van der Waals surface area contributed by atoms with Gasteiger partial charge in [0.2, 0.25) is 0 Å². The van der Waals surface area contributed by atoms with E-state index in [2.05, 4.69) is 12.2 Å². The number of urea groups is 1. The second kappa shape index (κ2) is 7.11. The first-order chi connectivity index (χ1) is 10.0. The molecule has 2 amide bonds. The van der Waals surface area contributed by atoms with Gasteiger partial charge in [0.15, 0.2) is 0 Å². The molecular formula is C15H26N2O4. The third-order valence-electron chi connectivity index (χ3n) is 4.83. The van der Waals surface area contributed by atoms with Crippen molar-refractivity contribution in [2.45, 2.75) is 51.2 Å². The molecule has 0 radical (unpaired) electrons. The number of nitrogens with one attached hydrogen (secondary N) is 1. The van der Waals surface area contributed by atoms with Crippen LogP contribution in [0.5, 0.6) is 0 Å². The van der Waals surface area contributed by atoms with Crippen molar-refractivity contribution in [3.63, 3.8) is 0 Å². The molecule has 2 N–H and O–H groups in total. The summed E-state index contributed by atoms with van der Waals surface area (Å²) in [6.07, 6.45) is 4.01. The molecule has 2 aliphatic rings. The molecule has 0 bridgehead atoms. The topological polar surface area (TPSA) is 78.9 Å². The van der Waals surface area contributed by atoms with Gasteiger partial charge in [-0.2, -0.15) is 0 Å². The Bertz CT molecular complexity index is 388. The van der Waals surface area contributed by atoms with E-state index in [9.17, 15) is 9.59 Å². The maximum atomic E-state index is 12.3. The summed E-state index contributed by atoms with van der Waals surface area (Å²) < 4.78 is 5.42. The molecule has 0 aromatic rings. The molecule has 1 heterocycles. The van der Waals surface area contributed by atoms with Crippen LogP contribution in [-0.4, -0.2) is 54.4 Å². The van der Waals surface area contributed by atoms with Crippen molar-refractivity contribution in [2.75, 3.05) is 20.2 Å². The summed E-state index contributed by atoms with van der Waals surface area (Å²) in [6, 6.07) is -0.104. The standard InChI is InChI=1S/C15H26N2O4/c1-10-6-7-17(9-13(10)21-2)15(20)16-12-5-3-4-11(8-12)14(18)19/h10-13H,3-9H2,1-2H3,(H,16,20)(H,18,19). The van der Waals surface area contributed by atoms with Gasteiger partial charge >= 0.3 is 12.0 Å². The highest BCUT2D eigenvalue weighted by atomic mass is 16.5. The summed E-state index contributed by atoms with van der Waals surface area (Å²) in [5.41, 5.74) is 0. The molecule has 0 aromatic heterocycles. The number of methoxy groups -OCH3 is 1. The summed E-state index contributed by atoms with van der Waals surface area (Å²) in [5, 5.41) is 12.1. The van der Waals surface area contributed by atoms with Crippen molar-refractivity contribution in [1.82, 2.24) is 10.2 Å². The number of nitrogens with zero attached hydrogens (tertiary/aromatic N) is 1. The normalized spacial score (nSPS) is 33.5. The number of ether oxygens (including phenoxy) is 1. The van der Waals surface area contributed by atoms with E-state index in [4.69, 9.17) is 9.84 Å². The van der Waals surface area contributed by atoms with Crippen molar-refractivity contribution in [1.29, 1.82) is 0 Å². The van der Waals surface area contributed by atoms with Crippen LogP contribution in [0.15, 0.2) is 0 Å². The Morgan fingerprint density at radius 2 is 2.05 bits per heavy atom. The van der Waals surface area contributed by atoms with Gasteiger partial charge in [-0.25, -0.2) is 4.79 Å². The maximum absolute atomic E-state index is 12.3. The minimum absolute atomic E-state index is 0.0207. The third kappa shape index (κ3) is 4.09. The van der Waals surface area contributed by atoms with E-state index >= 15 is 0 Å². The second-order valence-corrected chi connectivity index (χ2v) is 6.33. The largest absolute Gasteiger partial charge is 0.481 e.